The molecule has 2 aromatic carbocycles. The number of hydrogen-bond donors (Lipinski definition) is 2. The van der Waals surface area contributed by atoms with Crippen molar-refractivity contribution < 1.29 is 28.0 Å². The Kier molecular flexibility index (Phi) is 9.92. The summed E-state index contributed by atoms with van der Waals surface area (Å²) < 4.78 is 32.8. The van der Waals surface area contributed by atoms with Crippen molar-refractivity contribution in [2.24, 2.45) is 0 Å². The van der Waals surface area contributed by atoms with Crippen LogP contribution < -0.4 is 5.32 Å². The van der Waals surface area contributed by atoms with Gasteiger partial charge in [-0.2, -0.15) is 9.57 Å². The number of aliphatic hydroxyl groups excluding tert-OH is 1. The van der Waals surface area contributed by atoms with Crippen LogP contribution >= 0.6 is 0 Å². The van der Waals surface area contributed by atoms with Gasteiger partial charge in [-0.25, -0.2) is 13.2 Å². The highest BCUT2D eigenvalue weighted by molar-refractivity contribution is 7.89. The van der Waals surface area contributed by atoms with Crippen molar-refractivity contribution in [2.45, 2.75) is 56.3 Å². The molecule has 2 N–H and O–H groups in total. The first-order chi connectivity index (χ1) is 16.8. The van der Waals surface area contributed by atoms with Gasteiger partial charge in [-0.3, -0.25) is 10.1 Å². The molecule has 2 rings (SSSR count). The maximum Gasteiger partial charge on any atom is 0.407 e. The second-order valence-corrected chi connectivity index (χ2v) is 11.0. The third-order valence-corrected chi connectivity index (χ3v) is 6.86. The number of benzene rings is 2. The number of ether oxygens (including phenoxy) is 1. The van der Waals surface area contributed by atoms with Gasteiger partial charge in [-0.1, -0.05) is 36.4 Å². The van der Waals surface area contributed by atoms with E-state index in [2.05, 4.69) is 5.32 Å². The minimum Gasteiger partial charge on any atom is -0.444 e. The molecule has 0 fully saturated rings. The molecule has 2 aromatic rings. The SMILES string of the molecule is CC(C)(C)OC(=O)N[C@@H](Cc1ccccc1)[C@H](O)CN(CCC#N)S(=O)(=O)c1cccc([N+](=O)[O-])c1. The fraction of sp³-hybridized carbons (Fsp3) is 0.417. The second kappa shape index (κ2) is 12.4. The fourth-order valence-electron chi connectivity index (χ4n) is 3.34. The maximum atomic E-state index is 13.3. The molecule has 11 nitrogen and oxygen atoms in total. The molecule has 0 unspecified atom stereocenters. The van der Waals surface area contributed by atoms with Crippen molar-refractivity contribution in [1.29, 1.82) is 5.26 Å². The first-order valence-electron chi connectivity index (χ1n) is 11.2. The number of nitrogens with zero attached hydrogens (tertiary/aromatic N) is 3. The Morgan fingerprint density at radius 1 is 1.22 bits per heavy atom. The van der Waals surface area contributed by atoms with Crippen LogP contribution in [0.1, 0.15) is 32.8 Å². The van der Waals surface area contributed by atoms with E-state index in [0.717, 1.165) is 22.0 Å². The molecule has 0 aliphatic carbocycles. The van der Waals surface area contributed by atoms with Crippen LogP contribution in [-0.2, 0) is 21.2 Å². The molecule has 0 saturated carbocycles. The molecule has 0 saturated heterocycles. The van der Waals surface area contributed by atoms with E-state index in [1.165, 1.54) is 12.1 Å². The van der Waals surface area contributed by atoms with E-state index >= 15 is 0 Å². The Morgan fingerprint density at radius 2 is 1.89 bits per heavy atom. The van der Waals surface area contributed by atoms with Crippen LogP contribution in [0.15, 0.2) is 59.5 Å². The monoisotopic (exact) mass is 518 g/mol. The number of rotatable bonds is 11. The third kappa shape index (κ3) is 8.60. The molecule has 0 bridgehead atoms. The number of non-ortho nitro benzene ring substituents is 1. The lowest BCUT2D eigenvalue weighted by molar-refractivity contribution is -0.385. The average Bonchev–Trinajstić information content (AvgIpc) is 2.80. The lowest BCUT2D eigenvalue weighted by Crippen LogP contribution is -2.51. The third-order valence-electron chi connectivity index (χ3n) is 4.99. The normalized spacial score (nSPS) is 13.4. The van der Waals surface area contributed by atoms with Crippen molar-refractivity contribution in [2.75, 3.05) is 13.1 Å². The average molecular weight is 519 g/mol. The van der Waals surface area contributed by atoms with Crippen LogP contribution in [0.5, 0.6) is 0 Å². The summed E-state index contributed by atoms with van der Waals surface area (Å²) in [4.78, 5) is 22.5. The van der Waals surface area contributed by atoms with Gasteiger partial charge < -0.3 is 15.2 Å². The quantitative estimate of drug-likeness (QED) is 0.339. The van der Waals surface area contributed by atoms with Crippen LogP contribution in [0.4, 0.5) is 10.5 Å². The molecule has 1 amide bonds. The molecular weight excluding hydrogens is 488 g/mol. The first-order valence-corrected chi connectivity index (χ1v) is 12.6. The van der Waals surface area contributed by atoms with E-state index in [-0.39, 0.29) is 24.3 Å². The minimum absolute atomic E-state index is 0.171. The van der Waals surface area contributed by atoms with Gasteiger partial charge >= 0.3 is 6.09 Å². The van der Waals surface area contributed by atoms with Crippen molar-refractivity contribution >= 4 is 21.8 Å². The van der Waals surface area contributed by atoms with Crippen molar-refractivity contribution in [3.63, 3.8) is 0 Å². The van der Waals surface area contributed by atoms with Gasteiger partial charge in [-0.05, 0) is 38.8 Å². The van der Waals surface area contributed by atoms with Gasteiger partial charge in [0.2, 0.25) is 10.0 Å². The van der Waals surface area contributed by atoms with E-state index in [1.54, 1.807) is 45.0 Å². The standard InChI is InChI=1S/C24H30N4O7S/c1-24(2,3)35-23(30)26-21(15-18-9-5-4-6-10-18)22(29)17-27(14-8-13-25)36(33,34)20-12-7-11-19(16-20)28(31)32/h4-7,9-12,16,21-22,29H,8,14-15,17H2,1-3H3,(H,26,30)/t21-,22+/m0/s1. The molecule has 0 aromatic heterocycles. The van der Waals surface area contributed by atoms with Crippen molar-refractivity contribution in [1.82, 2.24) is 9.62 Å². The molecule has 0 heterocycles. The fourth-order valence-corrected chi connectivity index (χ4v) is 4.84. The van der Waals surface area contributed by atoms with E-state index < -0.39 is 51.0 Å². The molecule has 194 valence electrons. The number of nitriles is 1. The van der Waals surface area contributed by atoms with E-state index in [4.69, 9.17) is 10.00 Å². The van der Waals surface area contributed by atoms with Gasteiger partial charge in [0.05, 0.1) is 28.0 Å². The maximum absolute atomic E-state index is 13.3. The van der Waals surface area contributed by atoms with E-state index in [1.807, 2.05) is 12.1 Å². The number of sulfonamides is 1. The van der Waals surface area contributed by atoms with Crippen LogP contribution in [0, 0.1) is 21.4 Å². The van der Waals surface area contributed by atoms with Crippen LogP contribution in [0.25, 0.3) is 0 Å². The zero-order chi connectivity index (χ0) is 26.9. The number of hydrogen-bond acceptors (Lipinski definition) is 8. The molecule has 36 heavy (non-hydrogen) atoms. The number of nitro groups is 1. The van der Waals surface area contributed by atoms with Crippen LogP contribution in [0.3, 0.4) is 0 Å². The number of nitrogens with one attached hydrogen (secondary N) is 1. The molecular formula is C24H30N4O7S. The summed E-state index contributed by atoms with van der Waals surface area (Å²) in [5.74, 6) is 0. The summed E-state index contributed by atoms with van der Waals surface area (Å²) >= 11 is 0. The van der Waals surface area contributed by atoms with Gasteiger partial charge in [-0.15, -0.1) is 0 Å². The molecule has 12 heteroatoms. The van der Waals surface area contributed by atoms with Gasteiger partial charge in [0.25, 0.3) is 5.69 Å². The number of nitro benzene ring substituents is 1. The Morgan fingerprint density at radius 3 is 2.47 bits per heavy atom. The number of carbonyl (C=O) groups is 1. The molecule has 0 spiro atoms. The van der Waals surface area contributed by atoms with Gasteiger partial charge in [0.1, 0.15) is 5.60 Å². The lowest BCUT2D eigenvalue weighted by Gasteiger charge is -2.30. The van der Waals surface area contributed by atoms with Crippen molar-refractivity contribution in [3.05, 3.63) is 70.3 Å². The molecule has 2 atom stereocenters. The van der Waals surface area contributed by atoms with Crippen molar-refractivity contribution in [3.8, 4) is 6.07 Å². The Bertz CT molecular complexity index is 1190. The molecule has 0 aliphatic heterocycles. The number of amides is 1. The molecule has 0 aliphatic rings. The summed E-state index contributed by atoms with van der Waals surface area (Å²) in [6, 6.07) is 14.4. The Labute approximate surface area is 210 Å². The summed E-state index contributed by atoms with van der Waals surface area (Å²) in [5.41, 5.74) is -0.426. The number of aliphatic hydroxyl groups is 1. The second-order valence-electron chi connectivity index (χ2n) is 9.04. The topological polar surface area (TPSA) is 163 Å². The predicted molar refractivity (Wildman–Crippen MR) is 131 cm³/mol. The predicted octanol–water partition coefficient (Wildman–Crippen LogP) is 3.00. The highest BCUT2D eigenvalue weighted by Gasteiger charge is 2.32. The summed E-state index contributed by atoms with van der Waals surface area (Å²) in [6.07, 6.45) is -2.19. The highest BCUT2D eigenvalue weighted by atomic mass is 32.2. The first kappa shape index (κ1) is 28.7. The number of alkyl carbamates (subject to hydrolysis) is 1. The summed E-state index contributed by atoms with van der Waals surface area (Å²) in [5, 5.41) is 33.8. The minimum atomic E-state index is -4.31. The Balaban J connectivity index is 2.35. The number of carbonyl (C=O) groups excluding carboxylic acids is 1. The summed E-state index contributed by atoms with van der Waals surface area (Å²) in [7, 11) is -4.31. The zero-order valence-corrected chi connectivity index (χ0v) is 21.1. The van der Waals surface area contributed by atoms with E-state index in [9.17, 15) is 28.4 Å². The largest absolute Gasteiger partial charge is 0.444 e. The Hall–Kier alpha value is -3.53. The summed E-state index contributed by atoms with van der Waals surface area (Å²) in [6.45, 7) is 4.32. The lowest BCUT2D eigenvalue weighted by atomic mass is 10.0. The van der Waals surface area contributed by atoms with Crippen LogP contribution in [0.2, 0.25) is 0 Å². The highest BCUT2D eigenvalue weighted by Crippen LogP contribution is 2.22. The smallest absolute Gasteiger partial charge is 0.407 e. The molecule has 0 radical (unpaired) electrons. The van der Waals surface area contributed by atoms with Gasteiger partial charge in [0, 0.05) is 31.6 Å². The van der Waals surface area contributed by atoms with Gasteiger partial charge in [0.15, 0.2) is 0 Å². The van der Waals surface area contributed by atoms with Crippen LogP contribution in [-0.4, -0.2) is 59.7 Å². The van der Waals surface area contributed by atoms with E-state index in [0.29, 0.717) is 0 Å². The zero-order valence-electron chi connectivity index (χ0n) is 20.3.